The van der Waals surface area contributed by atoms with E-state index in [9.17, 15) is 9.59 Å². The zero-order chi connectivity index (χ0) is 21.1. The summed E-state index contributed by atoms with van der Waals surface area (Å²) in [5, 5.41) is 0.624. The van der Waals surface area contributed by atoms with Gasteiger partial charge in [-0.15, -0.1) is 0 Å². The van der Waals surface area contributed by atoms with Gasteiger partial charge in [0.2, 0.25) is 0 Å². The van der Waals surface area contributed by atoms with Crippen molar-refractivity contribution in [1.82, 2.24) is 10.9 Å². The van der Waals surface area contributed by atoms with E-state index in [0.717, 1.165) is 26.7 Å². The van der Waals surface area contributed by atoms with Gasteiger partial charge in [0, 0.05) is 14.8 Å². The van der Waals surface area contributed by atoms with Crippen molar-refractivity contribution in [3.63, 3.8) is 0 Å². The smallest absolute Gasteiger partial charge is 0.345 e. The summed E-state index contributed by atoms with van der Waals surface area (Å²) in [6.07, 6.45) is 0. The number of benzene rings is 3. The molecule has 1 aliphatic heterocycles. The molecular formula is C22H18ClN3O3S. The minimum Gasteiger partial charge on any atom is -0.484 e. The standard InChI is InChI=1S/C22H18ClN3O3S/c1-14-12-15(10-11-16(14)23)29-13-21(27)24-25-22(28)26-17-6-2-4-8-19(17)30-20-9-5-3-7-18(20)26/h2-12H,13H2,1H3,(H,24,27)(H,25,28). The summed E-state index contributed by atoms with van der Waals surface area (Å²) in [4.78, 5) is 28.5. The highest BCUT2D eigenvalue weighted by Crippen LogP contribution is 2.47. The number of hydrogen-bond donors (Lipinski definition) is 2. The quantitative estimate of drug-likeness (QED) is 0.559. The van der Waals surface area contributed by atoms with Crippen LogP contribution < -0.4 is 20.5 Å². The molecule has 1 heterocycles. The molecule has 0 saturated carbocycles. The van der Waals surface area contributed by atoms with E-state index in [0.29, 0.717) is 10.8 Å². The average molecular weight is 440 g/mol. The maximum atomic E-state index is 12.9. The number of para-hydroxylation sites is 2. The van der Waals surface area contributed by atoms with Crippen molar-refractivity contribution in [2.45, 2.75) is 16.7 Å². The molecule has 0 unspecified atom stereocenters. The molecule has 4 rings (SSSR count). The lowest BCUT2D eigenvalue weighted by molar-refractivity contribution is -0.123. The fraction of sp³-hybridized carbons (Fsp3) is 0.0909. The van der Waals surface area contributed by atoms with E-state index in [1.165, 1.54) is 0 Å². The number of halogens is 1. The largest absolute Gasteiger partial charge is 0.484 e. The van der Waals surface area contributed by atoms with Gasteiger partial charge in [-0.25, -0.2) is 10.2 Å². The zero-order valence-electron chi connectivity index (χ0n) is 16.0. The van der Waals surface area contributed by atoms with E-state index >= 15 is 0 Å². The molecule has 3 amide bonds. The number of urea groups is 1. The molecule has 0 aliphatic carbocycles. The monoisotopic (exact) mass is 439 g/mol. The lowest BCUT2D eigenvalue weighted by Crippen LogP contribution is -2.49. The van der Waals surface area contributed by atoms with Crippen LogP contribution in [0.4, 0.5) is 16.2 Å². The maximum Gasteiger partial charge on any atom is 0.345 e. The van der Waals surface area contributed by atoms with Gasteiger partial charge in [0.25, 0.3) is 5.91 Å². The topological polar surface area (TPSA) is 70.7 Å². The highest BCUT2D eigenvalue weighted by molar-refractivity contribution is 7.99. The molecule has 2 N–H and O–H groups in total. The Kier molecular flexibility index (Phi) is 5.83. The Morgan fingerprint density at radius 1 is 0.967 bits per heavy atom. The Hall–Kier alpha value is -3.16. The maximum absolute atomic E-state index is 12.9. The van der Waals surface area contributed by atoms with E-state index in [4.69, 9.17) is 16.3 Å². The van der Waals surface area contributed by atoms with Gasteiger partial charge in [0.15, 0.2) is 6.61 Å². The molecule has 0 atom stereocenters. The Morgan fingerprint density at radius 3 is 2.23 bits per heavy atom. The molecule has 0 radical (unpaired) electrons. The fourth-order valence-electron chi connectivity index (χ4n) is 2.99. The SMILES string of the molecule is Cc1cc(OCC(=O)NNC(=O)N2c3ccccc3Sc3ccccc32)ccc1Cl. The predicted molar refractivity (Wildman–Crippen MR) is 118 cm³/mol. The number of nitrogens with one attached hydrogen (secondary N) is 2. The van der Waals surface area contributed by atoms with Gasteiger partial charge in [-0.05, 0) is 55.0 Å². The summed E-state index contributed by atoms with van der Waals surface area (Å²) in [6.45, 7) is 1.60. The van der Waals surface area contributed by atoms with Crippen molar-refractivity contribution < 1.29 is 14.3 Å². The van der Waals surface area contributed by atoms with Crippen LogP contribution in [-0.4, -0.2) is 18.5 Å². The lowest BCUT2D eigenvalue weighted by Gasteiger charge is -2.30. The predicted octanol–water partition coefficient (Wildman–Crippen LogP) is 5.07. The first kappa shape index (κ1) is 20.1. The summed E-state index contributed by atoms with van der Waals surface area (Å²) < 4.78 is 5.45. The summed E-state index contributed by atoms with van der Waals surface area (Å²) in [5.41, 5.74) is 7.22. The Balaban J connectivity index is 1.42. The molecule has 0 fully saturated rings. The van der Waals surface area contributed by atoms with Crippen LogP contribution in [0.5, 0.6) is 5.75 Å². The van der Waals surface area contributed by atoms with Crippen LogP contribution in [0.1, 0.15) is 5.56 Å². The fourth-order valence-corrected chi connectivity index (χ4v) is 4.17. The summed E-state index contributed by atoms with van der Waals surface area (Å²) in [6, 6.07) is 19.9. The van der Waals surface area contributed by atoms with E-state index < -0.39 is 11.9 Å². The van der Waals surface area contributed by atoms with E-state index in [-0.39, 0.29) is 6.61 Å². The Labute approximate surface area is 183 Å². The molecule has 0 spiro atoms. The van der Waals surface area contributed by atoms with Crippen LogP contribution in [0.3, 0.4) is 0 Å². The van der Waals surface area contributed by atoms with Crippen molar-refractivity contribution in [1.29, 1.82) is 0 Å². The van der Waals surface area contributed by atoms with Gasteiger partial charge < -0.3 is 4.74 Å². The number of carbonyl (C=O) groups excluding carboxylic acids is 2. The van der Waals surface area contributed by atoms with Crippen molar-refractivity contribution in [3.05, 3.63) is 77.3 Å². The molecule has 0 saturated heterocycles. The molecular weight excluding hydrogens is 422 g/mol. The second-order valence-corrected chi connectivity index (χ2v) is 8.04. The van der Waals surface area contributed by atoms with E-state index in [2.05, 4.69) is 10.9 Å². The second-order valence-electron chi connectivity index (χ2n) is 6.55. The summed E-state index contributed by atoms with van der Waals surface area (Å²) in [7, 11) is 0. The Morgan fingerprint density at radius 2 is 1.60 bits per heavy atom. The van der Waals surface area contributed by atoms with Crippen molar-refractivity contribution >= 4 is 46.7 Å². The number of anilines is 2. The number of rotatable bonds is 3. The van der Waals surface area contributed by atoms with Crippen LogP contribution in [-0.2, 0) is 4.79 Å². The van der Waals surface area contributed by atoms with E-state index in [1.807, 2.05) is 55.5 Å². The highest BCUT2D eigenvalue weighted by atomic mass is 35.5. The van der Waals surface area contributed by atoms with Crippen molar-refractivity contribution in [2.24, 2.45) is 0 Å². The van der Waals surface area contributed by atoms with Crippen LogP contribution in [0.2, 0.25) is 5.02 Å². The first-order valence-corrected chi connectivity index (χ1v) is 10.4. The number of hydrogen-bond acceptors (Lipinski definition) is 4. The minimum atomic E-state index is -0.482. The lowest BCUT2D eigenvalue weighted by atomic mass is 10.2. The zero-order valence-corrected chi connectivity index (χ0v) is 17.6. The average Bonchev–Trinajstić information content (AvgIpc) is 2.76. The molecule has 0 bridgehead atoms. The van der Waals surface area contributed by atoms with Gasteiger partial charge in [-0.1, -0.05) is 47.6 Å². The number of ether oxygens (including phenoxy) is 1. The third kappa shape index (κ3) is 4.22. The van der Waals surface area contributed by atoms with E-state index in [1.54, 1.807) is 34.9 Å². The van der Waals surface area contributed by atoms with Gasteiger partial charge >= 0.3 is 6.03 Å². The second kappa shape index (κ2) is 8.69. The van der Waals surface area contributed by atoms with Gasteiger partial charge in [0.05, 0.1) is 11.4 Å². The molecule has 30 heavy (non-hydrogen) atoms. The van der Waals surface area contributed by atoms with Gasteiger partial charge in [-0.2, -0.15) is 0 Å². The molecule has 3 aromatic rings. The van der Waals surface area contributed by atoms with Crippen LogP contribution in [0, 0.1) is 6.92 Å². The Bertz CT molecular complexity index is 1080. The number of nitrogens with zero attached hydrogens (tertiary/aromatic N) is 1. The number of carbonyl (C=O) groups is 2. The molecule has 8 heteroatoms. The van der Waals surface area contributed by atoms with Gasteiger partial charge in [0.1, 0.15) is 5.75 Å². The molecule has 3 aromatic carbocycles. The first-order chi connectivity index (χ1) is 14.5. The first-order valence-electron chi connectivity index (χ1n) is 9.17. The van der Waals surface area contributed by atoms with Crippen molar-refractivity contribution in [2.75, 3.05) is 11.5 Å². The summed E-state index contributed by atoms with van der Waals surface area (Å²) in [5.74, 6) is 0.0400. The minimum absolute atomic E-state index is 0.246. The third-order valence-electron chi connectivity index (χ3n) is 4.44. The number of aryl methyl sites for hydroxylation is 1. The highest BCUT2D eigenvalue weighted by Gasteiger charge is 2.28. The normalized spacial score (nSPS) is 11.9. The van der Waals surface area contributed by atoms with Crippen LogP contribution in [0.25, 0.3) is 0 Å². The molecule has 152 valence electrons. The van der Waals surface area contributed by atoms with Crippen molar-refractivity contribution in [3.8, 4) is 5.75 Å². The third-order valence-corrected chi connectivity index (χ3v) is 6.00. The molecule has 1 aliphatic rings. The number of hydrazine groups is 1. The van der Waals surface area contributed by atoms with Crippen LogP contribution in [0.15, 0.2) is 76.5 Å². The molecule has 0 aromatic heterocycles. The van der Waals surface area contributed by atoms with Gasteiger partial charge in [-0.3, -0.25) is 15.1 Å². The number of fused-ring (bicyclic) bond motifs is 2. The summed E-state index contributed by atoms with van der Waals surface area (Å²) >= 11 is 7.58. The van der Waals surface area contributed by atoms with Crippen LogP contribution >= 0.6 is 23.4 Å². The number of amides is 3. The molecule has 6 nitrogen and oxygen atoms in total.